The van der Waals surface area contributed by atoms with Gasteiger partial charge in [-0.2, -0.15) is 0 Å². The highest BCUT2D eigenvalue weighted by molar-refractivity contribution is 5.93. The zero-order chi connectivity index (χ0) is 19.6. The molecule has 3 aromatic rings. The first kappa shape index (κ1) is 18.1. The van der Waals surface area contributed by atoms with Gasteiger partial charge in [0, 0.05) is 54.6 Å². The lowest BCUT2D eigenvalue weighted by Gasteiger charge is -2.43. The average Bonchev–Trinajstić information content (AvgIpc) is 2.73. The number of nitrogens with one attached hydrogen (secondary N) is 1. The zero-order valence-corrected chi connectivity index (χ0v) is 16.0. The van der Waals surface area contributed by atoms with Gasteiger partial charge in [0.25, 0.3) is 0 Å². The maximum atomic E-state index is 12.6. The summed E-state index contributed by atoms with van der Waals surface area (Å²) in [6.07, 6.45) is 8.52. The normalized spacial score (nSPS) is 22.2. The Morgan fingerprint density at radius 3 is 2.76 bits per heavy atom. The number of carbonyl (C=O) groups is 1. The predicted molar refractivity (Wildman–Crippen MR) is 108 cm³/mol. The van der Waals surface area contributed by atoms with E-state index in [0.717, 1.165) is 61.3 Å². The molecule has 0 atom stereocenters. The number of morpholine rings is 1. The number of anilines is 1. The number of aromatic nitrogens is 4. The fourth-order valence-electron chi connectivity index (χ4n) is 3.95. The van der Waals surface area contributed by atoms with E-state index in [1.807, 2.05) is 18.2 Å². The summed E-state index contributed by atoms with van der Waals surface area (Å²) >= 11 is 0. The van der Waals surface area contributed by atoms with Gasteiger partial charge < -0.3 is 4.74 Å². The summed E-state index contributed by atoms with van der Waals surface area (Å²) in [7, 11) is 0. The van der Waals surface area contributed by atoms with Crippen molar-refractivity contribution >= 4 is 22.8 Å². The Kier molecular flexibility index (Phi) is 4.87. The largest absolute Gasteiger partial charge is 0.379 e. The quantitative estimate of drug-likeness (QED) is 0.729. The lowest BCUT2D eigenvalue weighted by Crippen LogP contribution is -2.52. The van der Waals surface area contributed by atoms with Crippen molar-refractivity contribution in [1.29, 1.82) is 0 Å². The molecule has 0 unspecified atom stereocenters. The van der Waals surface area contributed by atoms with E-state index in [-0.39, 0.29) is 11.8 Å². The Hall–Kier alpha value is -2.97. The summed E-state index contributed by atoms with van der Waals surface area (Å²) in [6.45, 7) is 3.49. The SMILES string of the molecule is O=C(Nc1ncc2ccc(-c3cnccn3)cc2n1)[C@H]1C[C@H](N2CCOCC2)C1. The van der Waals surface area contributed by atoms with Crippen LogP contribution in [0.25, 0.3) is 22.2 Å². The van der Waals surface area contributed by atoms with Gasteiger partial charge in [-0.25, -0.2) is 9.97 Å². The highest BCUT2D eigenvalue weighted by Crippen LogP contribution is 2.33. The molecule has 1 aromatic carbocycles. The van der Waals surface area contributed by atoms with Crippen LogP contribution in [0.3, 0.4) is 0 Å². The van der Waals surface area contributed by atoms with Gasteiger partial charge in [0.1, 0.15) is 0 Å². The Morgan fingerprint density at radius 2 is 1.97 bits per heavy atom. The minimum Gasteiger partial charge on any atom is -0.379 e. The lowest BCUT2D eigenvalue weighted by molar-refractivity contribution is -0.125. The number of carbonyl (C=O) groups excluding carboxylic acids is 1. The molecule has 5 rings (SSSR count). The second-order valence-electron chi connectivity index (χ2n) is 7.52. The average molecular weight is 390 g/mol. The molecular formula is C21H22N6O2. The van der Waals surface area contributed by atoms with Gasteiger partial charge in [-0.15, -0.1) is 0 Å². The highest BCUT2D eigenvalue weighted by Gasteiger charge is 2.38. The second-order valence-corrected chi connectivity index (χ2v) is 7.52. The lowest BCUT2D eigenvalue weighted by atomic mass is 9.78. The predicted octanol–water partition coefficient (Wildman–Crippen LogP) is 2.14. The Labute approximate surface area is 168 Å². The maximum Gasteiger partial charge on any atom is 0.229 e. The fourth-order valence-corrected chi connectivity index (χ4v) is 3.95. The summed E-state index contributed by atoms with van der Waals surface area (Å²) in [6, 6.07) is 6.34. The van der Waals surface area contributed by atoms with Crippen molar-refractivity contribution in [3.05, 3.63) is 43.0 Å². The van der Waals surface area contributed by atoms with E-state index < -0.39 is 0 Å². The van der Waals surface area contributed by atoms with Crippen LogP contribution in [0.5, 0.6) is 0 Å². The van der Waals surface area contributed by atoms with Crippen molar-refractivity contribution in [2.45, 2.75) is 18.9 Å². The van der Waals surface area contributed by atoms with Gasteiger partial charge in [0.15, 0.2) is 0 Å². The fraction of sp³-hybridized carbons (Fsp3) is 0.381. The number of fused-ring (bicyclic) bond motifs is 1. The van der Waals surface area contributed by atoms with Crippen LogP contribution in [0.1, 0.15) is 12.8 Å². The van der Waals surface area contributed by atoms with Crippen LogP contribution in [0.4, 0.5) is 5.95 Å². The number of amides is 1. The molecule has 29 heavy (non-hydrogen) atoms. The molecule has 1 saturated heterocycles. The number of benzene rings is 1. The molecule has 2 aromatic heterocycles. The van der Waals surface area contributed by atoms with E-state index >= 15 is 0 Å². The van der Waals surface area contributed by atoms with Crippen molar-refractivity contribution in [2.24, 2.45) is 5.92 Å². The van der Waals surface area contributed by atoms with Crippen LogP contribution in [0.15, 0.2) is 43.0 Å². The third-order valence-corrected chi connectivity index (χ3v) is 5.72. The van der Waals surface area contributed by atoms with E-state index in [9.17, 15) is 4.79 Å². The first-order chi connectivity index (χ1) is 14.3. The van der Waals surface area contributed by atoms with Crippen molar-refractivity contribution in [3.63, 3.8) is 0 Å². The molecule has 8 heteroatoms. The minimum absolute atomic E-state index is 0.000981. The van der Waals surface area contributed by atoms with Gasteiger partial charge in [0.2, 0.25) is 11.9 Å². The molecule has 1 N–H and O–H groups in total. The van der Waals surface area contributed by atoms with E-state index in [0.29, 0.717) is 12.0 Å². The first-order valence-corrected chi connectivity index (χ1v) is 9.92. The molecule has 1 saturated carbocycles. The topological polar surface area (TPSA) is 93.1 Å². The Morgan fingerprint density at radius 1 is 1.10 bits per heavy atom. The summed E-state index contributed by atoms with van der Waals surface area (Å²) in [4.78, 5) is 32.3. The second kappa shape index (κ2) is 7.81. The maximum absolute atomic E-state index is 12.6. The number of rotatable bonds is 4. The number of hydrogen-bond donors (Lipinski definition) is 1. The summed E-state index contributed by atoms with van der Waals surface area (Å²) < 4.78 is 5.40. The van der Waals surface area contributed by atoms with E-state index in [4.69, 9.17) is 4.74 Å². The molecule has 1 aliphatic carbocycles. The van der Waals surface area contributed by atoms with Gasteiger partial charge in [-0.3, -0.25) is 25.0 Å². The van der Waals surface area contributed by atoms with E-state index in [2.05, 4.69) is 30.2 Å². The van der Waals surface area contributed by atoms with Crippen molar-refractivity contribution < 1.29 is 9.53 Å². The number of hydrogen-bond acceptors (Lipinski definition) is 7. The van der Waals surface area contributed by atoms with Gasteiger partial charge in [-0.05, 0) is 18.9 Å². The monoisotopic (exact) mass is 390 g/mol. The summed E-state index contributed by atoms with van der Waals surface area (Å²) in [5, 5.41) is 3.80. The number of nitrogens with zero attached hydrogens (tertiary/aromatic N) is 5. The minimum atomic E-state index is -0.000981. The van der Waals surface area contributed by atoms with Crippen LogP contribution < -0.4 is 5.32 Å². The Bertz CT molecular complexity index is 1020. The van der Waals surface area contributed by atoms with Crippen LogP contribution in [-0.4, -0.2) is 63.1 Å². The molecule has 1 aliphatic heterocycles. The van der Waals surface area contributed by atoms with E-state index in [1.54, 1.807) is 24.8 Å². The van der Waals surface area contributed by atoms with Crippen molar-refractivity contribution in [1.82, 2.24) is 24.8 Å². The molecule has 3 heterocycles. The van der Waals surface area contributed by atoms with Gasteiger partial charge >= 0.3 is 0 Å². The first-order valence-electron chi connectivity index (χ1n) is 9.92. The summed E-state index contributed by atoms with van der Waals surface area (Å²) in [5.74, 6) is 0.362. The van der Waals surface area contributed by atoms with Gasteiger partial charge in [0.05, 0.1) is 30.6 Å². The molecule has 8 nitrogen and oxygen atoms in total. The van der Waals surface area contributed by atoms with Crippen LogP contribution in [0, 0.1) is 5.92 Å². The molecule has 1 amide bonds. The smallest absolute Gasteiger partial charge is 0.229 e. The molecule has 2 fully saturated rings. The number of ether oxygens (including phenoxy) is 1. The van der Waals surface area contributed by atoms with Gasteiger partial charge in [-0.1, -0.05) is 12.1 Å². The molecule has 2 aliphatic rings. The molecule has 148 valence electrons. The van der Waals surface area contributed by atoms with Crippen molar-refractivity contribution in [2.75, 3.05) is 31.6 Å². The Balaban J connectivity index is 1.26. The molecule has 0 spiro atoms. The molecule has 0 bridgehead atoms. The van der Waals surface area contributed by atoms with Crippen molar-refractivity contribution in [3.8, 4) is 11.3 Å². The van der Waals surface area contributed by atoms with Crippen LogP contribution in [-0.2, 0) is 9.53 Å². The third kappa shape index (κ3) is 3.81. The van der Waals surface area contributed by atoms with E-state index in [1.165, 1.54) is 0 Å². The standard InChI is InChI=1S/C21H22N6O2/c28-20(16-9-17(10-16)27-5-7-29-8-6-27)26-21-24-12-15-2-1-14(11-18(15)25-21)19-13-22-3-4-23-19/h1-4,11-13,16-17H,5-10H2,(H,24,25,26,28)/t16-,17-. The highest BCUT2D eigenvalue weighted by atomic mass is 16.5. The van der Waals surface area contributed by atoms with Crippen LogP contribution >= 0.6 is 0 Å². The molecule has 0 radical (unpaired) electrons. The van der Waals surface area contributed by atoms with Crippen LogP contribution in [0.2, 0.25) is 0 Å². The zero-order valence-electron chi connectivity index (χ0n) is 16.0. The summed E-state index contributed by atoms with van der Waals surface area (Å²) in [5.41, 5.74) is 2.47. The molecular weight excluding hydrogens is 368 g/mol. The third-order valence-electron chi connectivity index (χ3n) is 5.72.